The fraction of sp³-hybridized carbons (Fsp3) is 0.400. The molecule has 1 saturated heterocycles. The van der Waals surface area contributed by atoms with Crippen LogP contribution in [-0.4, -0.2) is 35.9 Å². The van der Waals surface area contributed by atoms with E-state index in [1.807, 2.05) is 17.0 Å². The number of nitrogens with two attached hydrogens (primary N) is 1. The van der Waals surface area contributed by atoms with Gasteiger partial charge in [-0.3, -0.25) is 4.79 Å². The van der Waals surface area contributed by atoms with Crippen molar-refractivity contribution < 1.29 is 10.3 Å². The first kappa shape index (κ1) is 16.0. The summed E-state index contributed by atoms with van der Waals surface area (Å²) in [5.74, 6) is 0.568. The van der Waals surface area contributed by atoms with Crippen molar-refractivity contribution in [1.29, 1.82) is 0 Å². The summed E-state index contributed by atoms with van der Waals surface area (Å²) in [5, 5.41) is 0. The lowest BCUT2D eigenvalue weighted by Gasteiger charge is -2.39. The normalized spacial score (nSPS) is 15.3. The van der Waals surface area contributed by atoms with Crippen molar-refractivity contribution in [1.82, 2.24) is 4.90 Å². The molecule has 0 saturated carbocycles. The second-order valence-electron chi connectivity index (χ2n) is 5.02. The Kier molecular flexibility index (Phi) is 5.58. The van der Waals surface area contributed by atoms with E-state index in [0.29, 0.717) is 11.9 Å². The Hall–Kier alpha value is -2.01. The first-order chi connectivity index (χ1) is 9.13. The Bertz CT molecular complexity index is 468. The van der Waals surface area contributed by atoms with Gasteiger partial charge in [0.1, 0.15) is 0 Å². The van der Waals surface area contributed by atoms with Crippen LogP contribution in [0.15, 0.2) is 36.7 Å². The topological polar surface area (TPSA) is 81.1 Å². The van der Waals surface area contributed by atoms with Crippen LogP contribution in [0.4, 0.5) is 5.69 Å². The summed E-state index contributed by atoms with van der Waals surface area (Å²) in [6, 6.07) is 8.49. The Labute approximate surface area is 120 Å². The Morgan fingerprint density at radius 1 is 1.40 bits per heavy atom. The zero-order valence-corrected chi connectivity index (χ0v) is 11.9. The highest BCUT2D eigenvalue weighted by molar-refractivity contribution is 5.58. The van der Waals surface area contributed by atoms with E-state index in [1.165, 1.54) is 5.56 Å². The minimum Gasteiger partial charge on any atom is -0.412 e. The second kappa shape index (κ2) is 6.96. The van der Waals surface area contributed by atoms with E-state index in [1.54, 1.807) is 0 Å². The molecule has 1 aliphatic rings. The van der Waals surface area contributed by atoms with Gasteiger partial charge in [0, 0.05) is 24.8 Å². The molecular weight excluding hydrogens is 254 g/mol. The van der Waals surface area contributed by atoms with Gasteiger partial charge in [0.05, 0.1) is 5.82 Å². The number of hydrogen-bond acceptors (Lipinski definition) is 3. The zero-order chi connectivity index (χ0) is 13.8. The first-order valence-electron chi connectivity index (χ1n) is 6.62. The van der Waals surface area contributed by atoms with Crippen molar-refractivity contribution >= 4 is 12.1 Å². The molecule has 5 nitrogen and oxygen atoms in total. The summed E-state index contributed by atoms with van der Waals surface area (Å²) >= 11 is 0. The van der Waals surface area contributed by atoms with Gasteiger partial charge >= 0.3 is 0 Å². The third-order valence-corrected chi connectivity index (χ3v) is 3.70. The van der Waals surface area contributed by atoms with E-state index < -0.39 is 0 Å². The van der Waals surface area contributed by atoms with Crippen LogP contribution in [0.5, 0.6) is 0 Å². The van der Waals surface area contributed by atoms with Crippen molar-refractivity contribution in [2.24, 2.45) is 5.73 Å². The molecule has 1 amide bonds. The van der Waals surface area contributed by atoms with Crippen molar-refractivity contribution in [2.75, 3.05) is 18.0 Å². The number of nitrogens with zero attached hydrogens (tertiary/aromatic N) is 2. The van der Waals surface area contributed by atoms with E-state index in [9.17, 15) is 4.79 Å². The van der Waals surface area contributed by atoms with Gasteiger partial charge in [0.2, 0.25) is 6.41 Å². The van der Waals surface area contributed by atoms with Gasteiger partial charge < -0.3 is 21.0 Å². The van der Waals surface area contributed by atoms with Crippen molar-refractivity contribution in [3.8, 4) is 0 Å². The van der Waals surface area contributed by atoms with Crippen molar-refractivity contribution in [2.45, 2.75) is 25.8 Å². The largest absolute Gasteiger partial charge is 0.412 e. The van der Waals surface area contributed by atoms with Gasteiger partial charge in [-0.05, 0) is 31.4 Å². The van der Waals surface area contributed by atoms with Crippen molar-refractivity contribution in [3.05, 3.63) is 42.2 Å². The second-order valence-corrected chi connectivity index (χ2v) is 5.02. The smallest absolute Gasteiger partial charge is 0.209 e. The average molecular weight is 277 g/mol. The number of carbonyl (C=O) groups excluding carboxylic acids is 1. The van der Waals surface area contributed by atoms with E-state index in [-0.39, 0.29) is 5.48 Å². The lowest BCUT2D eigenvalue weighted by atomic mass is 10.0. The first-order valence-corrected chi connectivity index (χ1v) is 6.62. The molecule has 0 aliphatic carbocycles. The number of anilines is 1. The van der Waals surface area contributed by atoms with E-state index in [0.717, 1.165) is 38.0 Å². The lowest BCUT2D eigenvalue weighted by Crippen LogP contribution is -2.45. The Balaban J connectivity index is 0.00000200. The molecule has 0 radical (unpaired) electrons. The predicted octanol–water partition coefficient (Wildman–Crippen LogP) is 1.03. The number of rotatable bonds is 4. The Morgan fingerprint density at radius 2 is 2.00 bits per heavy atom. The molecule has 0 unspecified atom stereocenters. The van der Waals surface area contributed by atoms with Crippen LogP contribution in [0.2, 0.25) is 0 Å². The highest BCUT2D eigenvalue weighted by atomic mass is 16.1. The molecule has 2 rings (SSSR count). The summed E-state index contributed by atoms with van der Waals surface area (Å²) in [4.78, 5) is 14.7. The third kappa shape index (κ3) is 3.30. The standard InChI is InChI=1S/C15H21N3O.H2O/c1-12-5-3-4-6-15(12)18(13(2)16)14-7-9-17(11-19)10-8-14;/h3-6,11,14H,2,7-10,16H2,1H3;1H2. The lowest BCUT2D eigenvalue weighted by molar-refractivity contribution is -0.119. The summed E-state index contributed by atoms with van der Waals surface area (Å²) in [5.41, 5.74) is 8.28. The fourth-order valence-electron chi connectivity index (χ4n) is 2.67. The minimum atomic E-state index is 0. The van der Waals surface area contributed by atoms with Crippen LogP contribution >= 0.6 is 0 Å². The molecule has 5 heteroatoms. The van der Waals surface area contributed by atoms with Gasteiger partial charge in [-0.1, -0.05) is 24.8 Å². The maximum Gasteiger partial charge on any atom is 0.209 e. The molecule has 0 spiro atoms. The van der Waals surface area contributed by atoms with Gasteiger partial charge in [0.15, 0.2) is 0 Å². The summed E-state index contributed by atoms with van der Waals surface area (Å²) in [6.45, 7) is 7.55. The molecule has 20 heavy (non-hydrogen) atoms. The molecule has 4 N–H and O–H groups in total. The molecule has 1 aliphatic heterocycles. The highest BCUT2D eigenvalue weighted by Crippen LogP contribution is 2.28. The molecule has 1 fully saturated rings. The number of amides is 1. The molecule has 1 aromatic carbocycles. The molecular formula is C15H23N3O2. The van der Waals surface area contributed by atoms with Crippen LogP contribution in [0.3, 0.4) is 0 Å². The molecule has 0 bridgehead atoms. The zero-order valence-electron chi connectivity index (χ0n) is 11.9. The van der Waals surface area contributed by atoms with Crippen LogP contribution in [0.25, 0.3) is 0 Å². The van der Waals surface area contributed by atoms with Crippen LogP contribution in [0.1, 0.15) is 18.4 Å². The van der Waals surface area contributed by atoms with Crippen LogP contribution in [0, 0.1) is 6.92 Å². The number of piperidine rings is 1. The van der Waals surface area contributed by atoms with Gasteiger partial charge in [-0.25, -0.2) is 0 Å². The maximum atomic E-state index is 10.8. The number of carbonyl (C=O) groups is 1. The number of benzene rings is 1. The average Bonchev–Trinajstić information content (AvgIpc) is 2.42. The monoisotopic (exact) mass is 277 g/mol. The van der Waals surface area contributed by atoms with Gasteiger partial charge in [0.25, 0.3) is 0 Å². The summed E-state index contributed by atoms with van der Waals surface area (Å²) in [7, 11) is 0. The van der Waals surface area contributed by atoms with Gasteiger partial charge in [-0.15, -0.1) is 0 Å². The number of hydrogen-bond donors (Lipinski definition) is 1. The number of para-hydroxylation sites is 1. The van der Waals surface area contributed by atoms with Gasteiger partial charge in [-0.2, -0.15) is 0 Å². The summed E-state index contributed by atoms with van der Waals surface area (Å²) in [6.07, 6.45) is 2.76. The minimum absolute atomic E-state index is 0. The number of likely N-dealkylation sites (tertiary alicyclic amines) is 1. The predicted molar refractivity (Wildman–Crippen MR) is 81.3 cm³/mol. The van der Waals surface area contributed by atoms with E-state index in [4.69, 9.17) is 5.73 Å². The summed E-state index contributed by atoms with van der Waals surface area (Å²) < 4.78 is 0. The molecule has 0 aromatic heterocycles. The van der Waals surface area contributed by atoms with Crippen molar-refractivity contribution in [3.63, 3.8) is 0 Å². The van der Waals surface area contributed by atoms with Crippen LogP contribution in [-0.2, 0) is 4.79 Å². The fourth-order valence-corrected chi connectivity index (χ4v) is 2.67. The SMILES string of the molecule is C=C(N)N(c1ccccc1C)C1CCN(C=O)CC1.O. The molecule has 1 heterocycles. The quantitative estimate of drug-likeness (QED) is 0.834. The number of aryl methyl sites for hydroxylation is 1. The van der Waals surface area contributed by atoms with E-state index in [2.05, 4.69) is 30.5 Å². The molecule has 110 valence electrons. The molecule has 0 atom stereocenters. The maximum absolute atomic E-state index is 10.8. The molecule has 1 aromatic rings. The highest BCUT2D eigenvalue weighted by Gasteiger charge is 2.25. The van der Waals surface area contributed by atoms with E-state index >= 15 is 0 Å². The Morgan fingerprint density at radius 3 is 2.50 bits per heavy atom. The van der Waals surface area contributed by atoms with Crippen LogP contribution < -0.4 is 10.6 Å². The third-order valence-electron chi connectivity index (χ3n) is 3.70.